The van der Waals surface area contributed by atoms with E-state index in [1.807, 2.05) is 6.92 Å². The monoisotopic (exact) mass is 129 g/mol. The fourth-order valence-corrected chi connectivity index (χ4v) is 1.09. The van der Waals surface area contributed by atoms with Crippen LogP contribution < -0.4 is 0 Å². The van der Waals surface area contributed by atoms with E-state index in [0.29, 0.717) is 0 Å². The van der Waals surface area contributed by atoms with E-state index in [-0.39, 0.29) is 6.10 Å². The van der Waals surface area contributed by atoms with Gasteiger partial charge in [0.2, 0.25) is 0 Å². The zero-order chi connectivity index (χ0) is 6.91. The number of nitroso groups, excluding NO2 is 1. The lowest BCUT2D eigenvalue weighted by Gasteiger charge is -2.13. The molecule has 0 saturated carbocycles. The first kappa shape index (κ1) is 6.68. The highest BCUT2D eigenvalue weighted by molar-refractivity contribution is 4.80. The maximum atomic E-state index is 10.1. The maximum absolute atomic E-state index is 10.1. The van der Waals surface area contributed by atoms with Crippen LogP contribution in [0.25, 0.3) is 0 Å². The predicted octanol–water partition coefficient (Wildman–Crippen LogP) is 1.67. The zero-order valence-electron chi connectivity index (χ0n) is 5.76. The molecule has 1 fully saturated rings. The van der Waals surface area contributed by atoms with E-state index in [1.54, 1.807) is 6.92 Å². The molecule has 1 aliphatic rings. The first-order chi connectivity index (χ1) is 4.16. The summed E-state index contributed by atoms with van der Waals surface area (Å²) in [5.74, 6) is 0. The minimum Gasteiger partial charge on any atom is -0.348 e. The molecule has 0 aliphatic carbocycles. The van der Waals surface area contributed by atoms with E-state index in [2.05, 4.69) is 5.18 Å². The molecule has 3 heteroatoms. The summed E-state index contributed by atoms with van der Waals surface area (Å²) >= 11 is 0. The molecule has 0 aromatic heterocycles. The smallest absolute Gasteiger partial charge is 0.197 e. The third-order valence-electron chi connectivity index (χ3n) is 1.66. The summed E-state index contributed by atoms with van der Waals surface area (Å²) in [7, 11) is 0. The lowest BCUT2D eigenvalue weighted by molar-refractivity contribution is -0.0150. The van der Waals surface area contributed by atoms with Crippen LogP contribution in [0.15, 0.2) is 5.18 Å². The predicted molar refractivity (Wildman–Crippen MR) is 34.0 cm³/mol. The largest absolute Gasteiger partial charge is 0.348 e. The summed E-state index contributed by atoms with van der Waals surface area (Å²) in [6, 6.07) is 0. The van der Waals surface area contributed by atoms with Crippen LogP contribution in [0.3, 0.4) is 0 Å². The molecule has 2 atom stereocenters. The Bertz CT molecular complexity index is 126. The first-order valence-electron chi connectivity index (χ1n) is 3.19. The average molecular weight is 129 g/mol. The summed E-state index contributed by atoms with van der Waals surface area (Å²) in [5.41, 5.74) is -0.723. The van der Waals surface area contributed by atoms with Gasteiger partial charge in [0.05, 0.1) is 6.10 Å². The van der Waals surface area contributed by atoms with Crippen molar-refractivity contribution in [3.8, 4) is 0 Å². The Morgan fingerprint density at radius 2 is 2.44 bits per heavy atom. The highest BCUT2D eigenvalue weighted by atomic mass is 16.5. The second-order valence-corrected chi connectivity index (χ2v) is 2.73. The first-order valence-corrected chi connectivity index (χ1v) is 3.19. The van der Waals surface area contributed by atoms with Crippen molar-refractivity contribution in [3.63, 3.8) is 0 Å². The summed E-state index contributed by atoms with van der Waals surface area (Å²) in [6.45, 7) is 3.68. The summed E-state index contributed by atoms with van der Waals surface area (Å²) in [5, 5.41) is 2.90. The molecule has 1 aliphatic heterocycles. The summed E-state index contributed by atoms with van der Waals surface area (Å²) < 4.78 is 5.22. The molecule has 9 heavy (non-hydrogen) atoms. The SMILES string of the molecule is C[C@H]1CC[C@](C)(N=O)O1. The minimum absolute atomic E-state index is 0.202. The van der Waals surface area contributed by atoms with Crippen LogP contribution in [0.2, 0.25) is 0 Å². The van der Waals surface area contributed by atoms with Crippen molar-refractivity contribution < 1.29 is 4.74 Å². The van der Waals surface area contributed by atoms with Crippen LogP contribution >= 0.6 is 0 Å². The van der Waals surface area contributed by atoms with E-state index >= 15 is 0 Å². The highest BCUT2D eigenvalue weighted by Gasteiger charge is 2.34. The van der Waals surface area contributed by atoms with Crippen molar-refractivity contribution in [1.82, 2.24) is 0 Å². The van der Waals surface area contributed by atoms with Gasteiger partial charge >= 0.3 is 0 Å². The van der Waals surface area contributed by atoms with Crippen molar-refractivity contribution in [3.05, 3.63) is 4.91 Å². The van der Waals surface area contributed by atoms with Gasteiger partial charge in [0, 0.05) is 6.42 Å². The van der Waals surface area contributed by atoms with Gasteiger partial charge in [-0.05, 0) is 25.4 Å². The topological polar surface area (TPSA) is 38.7 Å². The van der Waals surface area contributed by atoms with Gasteiger partial charge in [-0.25, -0.2) is 0 Å². The van der Waals surface area contributed by atoms with E-state index in [4.69, 9.17) is 4.74 Å². The molecule has 0 aromatic carbocycles. The van der Waals surface area contributed by atoms with Gasteiger partial charge < -0.3 is 4.74 Å². The molecule has 1 rings (SSSR count). The standard InChI is InChI=1S/C6H11NO2/c1-5-3-4-6(2,7-8)9-5/h5H,3-4H2,1-2H3/t5-,6+/m0/s1. The molecule has 1 heterocycles. The van der Waals surface area contributed by atoms with Crippen molar-refractivity contribution >= 4 is 0 Å². The van der Waals surface area contributed by atoms with E-state index in [0.717, 1.165) is 12.8 Å². The Balaban J connectivity index is 2.54. The zero-order valence-corrected chi connectivity index (χ0v) is 5.76. The maximum Gasteiger partial charge on any atom is 0.197 e. The van der Waals surface area contributed by atoms with Crippen LogP contribution in [0.4, 0.5) is 0 Å². The average Bonchev–Trinajstić information content (AvgIpc) is 2.13. The molecule has 1 saturated heterocycles. The fourth-order valence-electron chi connectivity index (χ4n) is 1.09. The number of ether oxygens (including phenoxy) is 1. The van der Waals surface area contributed by atoms with Gasteiger partial charge in [-0.1, -0.05) is 0 Å². The second-order valence-electron chi connectivity index (χ2n) is 2.73. The van der Waals surface area contributed by atoms with E-state index < -0.39 is 5.72 Å². The third kappa shape index (κ3) is 1.27. The second kappa shape index (κ2) is 2.06. The molecule has 0 unspecified atom stereocenters. The Labute approximate surface area is 54.4 Å². The molecule has 0 N–H and O–H groups in total. The molecule has 0 aromatic rings. The van der Waals surface area contributed by atoms with Gasteiger partial charge in [0.15, 0.2) is 5.72 Å². The quantitative estimate of drug-likeness (QED) is 0.505. The molecule has 0 spiro atoms. The van der Waals surface area contributed by atoms with Crippen molar-refractivity contribution in [2.75, 3.05) is 0 Å². The fraction of sp³-hybridized carbons (Fsp3) is 1.00. The van der Waals surface area contributed by atoms with Gasteiger partial charge in [0.1, 0.15) is 0 Å². The Hall–Kier alpha value is -0.440. The Kier molecular flexibility index (Phi) is 1.53. The molecule has 0 radical (unpaired) electrons. The molecule has 52 valence electrons. The van der Waals surface area contributed by atoms with E-state index in [9.17, 15) is 4.91 Å². The third-order valence-corrected chi connectivity index (χ3v) is 1.66. The van der Waals surface area contributed by atoms with Gasteiger partial charge in [-0.2, -0.15) is 0 Å². The summed E-state index contributed by atoms with van der Waals surface area (Å²) in [4.78, 5) is 10.1. The van der Waals surface area contributed by atoms with Gasteiger partial charge in [-0.3, -0.25) is 0 Å². The molecule has 0 bridgehead atoms. The van der Waals surface area contributed by atoms with Crippen LogP contribution in [0, 0.1) is 4.91 Å². The van der Waals surface area contributed by atoms with E-state index in [1.165, 1.54) is 0 Å². The number of hydrogen-bond acceptors (Lipinski definition) is 3. The highest BCUT2D eigenvalue weighted by Crippen LogP contribution is 2.30. The number of hydrogen-bond donors (Lipinski definition) is 0. The number of nitrogens with zero attached hydrogens (tertiary/aromatic N) is 1. The van der Waals surface area contributed by atoms with Crippen molar-refractivity contribution in [2.45, 2.75) is 38.5 Å². The van der Waals surface area contributed by atoms with Crippen LogP contribution in [0.5, 0.6) is 0 Å². The van der Waals surface area contributed by atoms with Gasteiger partial charge in [-0.15, -0.1) is 4.91 Å². The molecule has 0 amide bonds. The summed E-state index contributed by atoms with van der Waals surface area (Å²) in [6.07, 6.45) is 1.91. The molecule has 3 nitrogen and oxygen atoms in total. The minimum atomic E-state index is -0.723. The van der Waals surface area contributed by atoms with Crippen molar-refractivity contribution in [1.29, 1.82) is 0 Å². The van der Waals surface area contributed by atoms with Gasteiger partial charge in [0.25, 0.3) is 0 Å². The Morgan fingerprint density at radius 3 is 2.67 bits per heavy atom. The van der Waals surface area contributed by atoms with Crippen LogP contribution in [-0.2, 0) is 4.74 Å². The molecular weight excluding hydrogens is 118 g/mol. The lowest BCUT2D eigenvalue weighted by atomic mass is 10.1. The normalized spacial score (nSPS) is 43.1. The molecular formula is C6H11NO2. The number of rotatable bonds is 1. The Morgan fingerprint density at radius 1 is 1.78 bits per heavy atom. The van der Waals surface area contributed by atoms with Crippen molar-refractivity contribution in [2.24, 2.45) is 5.18 Å². The lowest BCUT2D eigenvalue weighted by Crippen LogP contribution is -2.19. The van der Waals surface area contributed by atoms with Crippen LogP contribution in [-0.4, -0.2) is 11.8 Å². The van der Waals surface area contributed by atoms with Crippen LogP contribution in [0.1, 0.15) is 26.7 Å².